The van der Waals surface area contributed by atoms with Crippen molar-refractivity contribution in [1.82, 2.24) is 24.6 Å². The number of hydroxylamine groups is 1. The summed E-state index contributed by atoms with van der Waals surface area (Å²) in [5.74, 6) is -0.756. The van der Waals surface area contributed by atoms with E-state index in [-0.39, 0.29) is 34.9 Å². The largest absolute Gasteiger partial charge is 0.484 e. The average molecular weight is 616 g/mol. The van der Waals surface area contributed by atoms with E-state index in [0.29, 0.717) is 39.1 Å². The molecule has 3 atom stereocenters. The monoisotopic (exact) mass is 615 g/mol. The van der Waals surface area contributed by atoms with Gasteiger partial charge in [-0.3, -0.25) is 10.0 Å². The van der Waals surface area contributed by atoms with E-state index >= 15 is 0 Å². The molecule has 4 heterocycles. The number of urea groups is 1. The van der Waals surface area contributed by atoms with Crippen molar-refractivity contribution in [1.29, 1.82) is 0 Å². The van der Waals surface area contributed by atoms with Gasteiger partial charge in [0.1, 0.15) is 22.4 Å². The van der Waals surface area contributed by atoms with Gasteiger partial charge < -0.3 is 24.0 Å². The first-order valence-corrected chi connectivity index (χ1v) is 14.5. The number of aromatic nitrogens is 1. The number of nitrogens with zero attached hydrogens (tertiary/aromatic N) is 4. The minimum atomic E-state index is -4.48. The van der Waals surface area contributed by atoms with Gasteiger partial charge in [0.2, 0.25) is 15.9 Å². The highest BCUT2D eigenvalue weighted by atomic mass is 32.2. The van der Waals surface area contributed by atoms with Crippen LogP contribution in [0.25, 0.3) is 0 Å². The lowest BCUT2D eigenvalue weighted by Crippen LogP contribution is -2.68. The molecule has 3 saturated heterocycles. The van der Waals surface area contributed by atoms with Crippen LogP contribution in [0.15, 0.2) is 47.5 Å². The number of carbonyl (C=O) groups is 2. The molecule has 2 N–H and O–H groups in total. The number of sulfonamides is 1. The highest BCUT2D eigenvalue weighted by Crippen LogP contribution is 2.38. The predicted octanol–water partition coefficient (Wildman–Crippen LogP) is 1.98. The Labute approximate surface area is 238 Å². The minimum absolute atomic E-state index is 0.00329. The Balaban J connectivity index is 1.31. The molecule has 3 fully saturated rings. The maximum absolute atomic E-state index is 13.7. The van der Waals surface area contributed by atoms with Crippen LogP contribution >= 0.6 is 0 Å². The molecule has 13 nitrogen and oxygen atoms in total. The molecule has 1 aromatic heterocycles. The number of nitrogens with one attached hydrogen (secondary N) is 1. The first kappa shape index (κ1) is 29.8. The second-order valence-electron chi connectivity index (χ2n) is 9.89. The summed E-state index contributed by atoms with van der Waals surface area (Å²) in [6.07, 6.45) is -2.58. The second-order valence-corrected chi connectivity index (χ2v) is 11.8. The molecule has 2 bridgehead atoms. The van der Waals surface area contributed by atoms with Crippen LogP contribution in [0, 0.1) is 0 Å². The highest BCUT2D eigenvalue weighted by Gasteiger charge is 2.55. The number of halogens is 3. The van der Waals surface area contributed by atoms with Crippen LogP contribution in [-0.4, -0.2) is 108 Å². The fourth-order valence-corrected chi connectivity index (χ4v) is 6.96. The topological polar surface area (TPSA) is 151 Å². The van der Waals surface area contributed by atoms with Gasteiger partial charge in [0, 0.05) is 31.7 Å². The number of hydrogen-bond donors (Lipinski definition) is 2. The molecule has 0 spiro atoms. The molecule has 3 aliphatic rings. The fraction of sp³-hybridized carbons (Fsp3) is 0.480. The van der Waals surface area contributed by atoms with E-state index in [0.717, 1.165) is 10.5 Å². The summed E-state index contributed by atoms with van der Waals surface area (Å²) in [5, 5.41) is 9.46. The van der Waals surface area contributed by atoms with Gasteiger partial charge in [-0.05, 0) is 43.2 Å². The van der Waals surface area contributed by atoms with Crippen molar-refractivity contribution in [2.45, 2.75) is 42.0 Å². The van der Waals surface area contributed by atoms with Crippen LogP contribution in [0.3, 0.4) is 0 Å². The van der Waals surface area contributed by atoms with E-state index < -0.39 is 46.8 Å². The molecule has 3 amide bonds. The number of hydrogen-bond acceptors (Lipinski definition) is 9. The summed E-state index contributed by atoms with van der Waals surface area (Å²) in [6.45, 7) is -0.0809. The van der Waals surface area contributed by atoms with E-state index in [2.05, 4.69) is 9.72 Å². The van der Waals surface area contributed by atoms with Crippen molar-refractivity contribution in [3.8, 4) is 17.4 Å². The van der Waals surface area contributed by atoms with E-state index in [1.165, 1.54) is 36.4 Å². The van der Waals surface area contributed by atoms with Crippen molar-refractivity contribution < 1.29 is 50.6 Å². The van der Waals surface area contributed by atoms with Crippen LogP contribution in [0.1, 0.15) is 12.8 Å². The van der Waals surface area contributed by atoms with Gasteiger partial charge in [0.25, 0.3) is 5.91 Å². The van der Waals surface area contributed by atoms with Gasteiger partial charge in [0.05, 0.1) is 25.5 Å². The predicted molar refractivity (Wildman–Crippen MR) is 136 cm³/mol. The van der Waals surface area contributed by atoms with Gasteiger partial charge in [0.15, 0.2) is 6.61 Å². The Morgan fingerprint density at radius 3 is 2.38 bits per heavy atom. The zero-order chi connectivity index (χ0) is 30.1. The maximum Gasteiger partial charge on any atom is 0.422 e. The zero-order valence-electron chi connectivity index (χ0n) is 22.1. The third-order valence-corrected chi connectivity index (χ3v) is 9.09. The van der Waals surface area contributed by atoms with Crippen LogP contribution in [-0.2, 0) is 19.6 Å². The van der Waals surface area contributed by atoms with E-state index in [4.69, 9.17) is 9.47 Å². The van der Waals surface area contributed by atoms with Crippen molar-refractivity contribution >= 4 is 22.0 Å². The Morgan fingerprint density at radius 1 is 1.07 bits per heavy atom. The van der Waals surface area contributed by atoms with Gasteiger partial charge in [-0.2, -0.15) is 17.5 Å². The summed E-state index contributed by atoms with van der Waals surface area (Å²) in [5.41, 5.74) is 1.55. The number of carbonyl (C=O) groups excluding carboxylic acids is 2. The lowest BCUT2D eigenvalue weighted by Gasteiger charge is -2.46. The summed E-state index contributed by atoms with van der Waals surface area (Å²) in [4.78, 5) is 33.1. The second kappa shape index (κ2) is 11.9. The van der Waals surface area contributed by atoms with Crippen molar-refractivity contribution in [3.05, 3.63) is 42.6 Å². The van der Waals surface area contributed by atoms with Gasteiger partial charge in [-0.15, -0.1) is 0 Å². The summed E-state index contributed by atoms with van der Waals surface area (Å²) in [6, 6.07) is 4.87. The normalized spacial score (nSPS) is 23.0. The molecule has 0 aliphatic carbocycles. The first-order chi connectivity index (χ1) is 20.0. The van der Waals surface area contributed by atoms with E-state index in [1.54, 1.807) is 15.3 Å². The lowest BCUT2D eigenvalue weighted by atomic mass is 10.0. The number of ether oxygens (including phenoxy) is 3. The van der Waals surface area contributed by atoms with Crippen LogP contribution < -0.4 is 15.0 Å². The molecule has 3 aliphatic heterocycles. The summed E-state index contributed by atoms with van der Waals surface area (Å²) in [7, 11) is -4.32. The standard InChI is InChI=1S/C25H28F3N5O8S/c26-25(27,28)15-40-17-2-4-18(5-3-17)41-21-8-6-19(13-29-21)42(37,38)32-14-16-1-7-20(22(32)23(34)30-36)33(16)24(35)31-9-11-39-12-10-31/h2-6,8,13,16,20,22,36H,1,7,9-12,14-15H2,(H,30,34)/t16-,20+,22-/m1/s1. The quantitative estimate of drug-likeness (QED) is 0.352. The Bertz CT molecular complexity index is 1390. The Hall–Kier alpha value is -3.67. The van der Waals surface area contributed by atoms with Gasteiger partial charge >= 0.3 is 12.2 Å². The number of pyridine rings is 1. The number of alkyl halides is 3. The molecule has 5 rings (SSSR count). The number of benzene rings is 1. The fourth-order valence-electron chi connectivity index (χ4n) is 5.35. The summed E-state index contributed by atoms with van der Waals surface area (Å²) >= 11 is 0. The zero-order valence-corrected chi connectivity index (χ0v) is 22.9. The first-order valence-electron chi connectivity index (χ1n) is 13.0. The Kier molecular flexibility index (Phi) is 8.45. The third kappa shape index (κ3) is 6.23. The molecule has 17 heteroatoms. The average Bonchev–Trinajstić information content (AvgIpc) is 3.28. The van der Waals surface area contributed by atoms with Crippen LogP contribution in [0.5, 0.6) is 17.4 Å². The van der Waals surface area contributed by atoms with Gasteiger partial charge in [-0.1, -0.05) is 0 Å². The van der Waals surface area contributed by atoms with Crippen LogP contribution in [0.4, 0.5) is 18.0 Å². The highest BCUT2D eigenvalue weighted by molar-refractivity contribution is 7.89. The molecule has 2 aromatic rings. The molecule has 0 saturated carbocycles. The molecule has 0 unspecified atom stereocenters. The number of piperazine rings is 1. The molecule has 228 valence electrons. The van der Waals surface area contributed by atoms with E-state index in [1.807, 2.05) is 0 Å². The molecule has 42 heavy (non-hydrogen) atoms. The molecular weight excluding hydrogens is 587 g/mol. The maximum atomic E-state index is 13.7. The van der Waals surface area contributed by atoms with Crippen molar-refractivity contribution in [2.75, 3.05) is 39.5 Å². The van der Waals surface area contributed by atoms with E-state index in [9.17, 15) is 36.4 Å². The van der Waals surface area contributed by atoms with Crippen molar-refractivity contribution in [3.63, 3.8) is 0 Å². The number of amides is 3. The van der Waals surface area contributed by atoms with Crippen molar-refractivity contribution in [2.24, 2.45) is 0 Å². The SMILES string of the molecule is O=C(NO)[C@H]1[C@@H]2CC[C@H](CN1S(=O)(=O)c1ccc(Oc3ccc(OCC(F)(F)F)cc3)nc1)N2C(=O)N1CCOCC1. The van der Waals surface area contributed by atoms with Crippen LogP contribution in [0.2, 0.25) is 0 Å². The third-order valence-electron chi connectivity index (χ3n) is 7.26. The number of fused-ring (bicyclic) bond motifs is 2. The number of rotatable bonds is 7. The summed E-state index contributed by atoms with van der Waals surface area (Å²) < 4.78 is 80.9. The molecule has 1 aromatic carbocycles. The number of morpholine rings is 1. The lowest BCUT2D eigenvalue weighted by molar-refractivity contribution is -0.153. The molecule has 0 radical (unpaired) electrons. The molecular formula is C25H28F3N5O8S. The smallest absolute Gasteiger partial charge is 0.422 e. The minimum Gasteiger partial charge on any atom is -0.484 e. The van der Waals surface area contributed by atoms with Gasteiger partial charge in [-0.25, -0.2) is 23.7 Å². The Morgan fingerprint density at radius 2 is 1.76 bits per heavy atom.